The first-order chi connectivity index (χ1) is 9.16. The van der Waals surface area contributed by atoms with Gasteiger partial charge in [-0.2, -0.15) is 0 Å². The van der Waals surface area contributed by atoms with E-state index in [0.29, 0.717) is 0 Å². The molecular formula is C14H15AgO4P+. The Labute approximate surface area is 133 Å². The van der Waals surface area contributed by atoms with Crippen molar-refractivity contribution in [2.75, 3.05) is 0 Å². The van der Waals surface area contributed by atoms with Crippen LogP contribution in [0.4, 0.5) is 0 Å². The second kappa shape index (κ2) is 8.55. The predicted octanol–water partition coefficient (Wildman–Crippen LogP) is 3.52. The SMILES string of the molecule is O=P(O)(OCc1ccccc1)OCc1ccccc1.[Ag+]. The Kier molecular flexibility index (Phi) is 7.41. The second-order valence-electron chi connectivity index (χ2n) is 3.99. The molecule has 0 saturated carbocycles. The minimum atomic E-state index is -4.02. The number of rotatable bonds is 6. The van der Waals surface area contributed by atoms with Gasteiger partial charge >= 0.3 is 30.2 Å². The first-order valence-corrected chi connectivity index (χ1v) is 7.35. The van der Waals surface area contributed by atoms with Crippen LogP contribution in [-0.2, 0) is 49.2 Å². The monoisotopic (exact) mass is 385 g/mol. The molecule has 0 radical (unpaired) electrons. The smallest absolute Gasteiger partial charge is 0.302 e. The van der Waals surface area contributed by atoms with E-state index >= 15 is 0 Å². The minimum absolute atomic E-state index is 0. The van der Waals surface area contributed by atoms with Crippen molar-refractivity contribution in [2.24, 2.45) is 0 Å². The average molecular weight is 386 g/mol. The Morgan fingerprint density at radius 3 is 1.50 bits per heavy atom. The van der Waals surface area contributed by atoms with Crippen LogP contribution in [0.5, 0.6) is 0 Å². The summed E-state index contributed by atoms with van der Waals surface area (Å²) in [7, 11) is -4.02. The molecule has 0 unspecified atom stereocenters. The van der Waals surface area contributed by atoms with Crippen molar-refractivity contribution in [2.45, 2.75) is 13.2 Å². The zero-order chi connectivity index (χ0) is 13.6. The third-order valence-corrected chi connectivity index (χ3v) is 3.39. The Bertz CT molecular complexity index is 500. The van der Waals surface area contributed by atoms with Crippen molar-refractivity contribution in [1.29, 1.82) is 0 Å². The third kappa shape index (κ3) is 6.16. The summed E-state index contributed by atoms with van der Waals surface area (Å²) in [6, 6.07) is 18.4. The normalized spacial score (nSPS) is 10.8. The molecule has 0 aromatic heterocycles. The van der Waals surface area contributed by atoms with Crippen molar-refractivity contribution in [3.63, 3.8) is 0 Å². The standard InChI is InChI=1S/C14H15O4P.Ag/c15-19(16,17-11-13-7-3-1-4-8-13)18-12-14-9-5-2-6-10-14;/h1-10H,11-12H2,(H,15,16);/q;+1. The molecule has 0 aliphatic heterocycles. The van der Waals surface area contributed by atoms with Gasteiger partial charge in [0.05, 0.1) is 13.2 Å². The zero-order valence-corrected chi connectivity index (χ0v) is 13.0. The maximum atomic E-state index is 11.7. The summed E-state index contributed by atoms with van der Waals surface area (Å²) < 4.78 is 21.5. The van der Waals surface area contributed by atoms with Gasteiger partial charge in [-0.3, -0.25) is 9.05 Å². The van der Waals surface area contributed by atoms with Crippen LogP contribution in [0.3, 0.4) is 0 Å². The molecule has 0 spiro atoms. The predicted molar refractivity (Wildman–Crippen MR) is 72.3 cm³/mol. The molecule has 2 aromatic rings. The number of hydrogen-bond donors (Lipinski definition) is 1. The van der Waals surface area contributed by atoms with E-state index in [2.05, 4.69) is 0 Å². The van der Waals surface area contributed by atoms with Gasteiger partial charge in [0, 0.05) is 0 Å². The average Bonchev–Trinajstić information content (AvgIpc) is 2.46. The molecule has 0 amide bonds. The fraction of sp³-hybridized carbons (Fsp3) is 0.143. The Hall–Kier alpha value is -0.710. The fourth-order valence-electron chi connectivity index (χ4n) is 1.50. The van der Waals surface area contributed by atoms with E-state index in [-0.39, 0.29) is 35.6 Å². The van der Waals surface area contributed by atoms with Gasteiger partial charge in [0.2, 0.25) is 0 Å². The van der Waals surface area contributed by atoms with Crippen molar-refractivity contribution >= 4 is 7.82 Å². The van der Waals surface area contributed by atoms with Crippen LogP contribution in [0.1, 0.15) is 11.1 Å². The molecule has 0 bridgehead atoms. The van der Waals surface area contributed by atoms with E-state index in [9.17, 15) is 9.46 Å². The molecule has 6 heteroatoms. The number of phosphoric acid groups is 1. The zero-order valence-electron chi connectivity index (χ0n) is 10.6. The first kappa shape index (κ1) is 17.3. The van der Waals surface area contributed by atoms with Gasteiger partial charge in [0.15, 0.2) is 0 Å². The summed E-state index contributed by atoms with van der Waals surface area (Å²) >= 11 is 0. The van der Waals surface area contributed by atoms with E-state index < -0.39 is 7.82 Å². The molecule has 0 aliphatic carbocycles. The van der Waals surface area contributed by atoms with E-state index in [0.717, 1.165) is 11.1 Å². The van der Waals surface area contributed by atoms with Crippen LogP contribution in [0.15, 0.2) is 60.7 Å². The van der Waals surface area contributed by atoms with E-state index in [1.54, 1.807) is 0 Å². The van der Waals surface area contributed by atoms with Crippen LogP contribution in [0.25, 0.3) is 0 Å². The largest absolute Gasteiger partial charge is 1.00 e. The van der Waals surface area contributed by atoms with E-state index in [4.69, 9.17) is 9.05 Å². The Morgan fingerprint density at radius 1 is 0.800 bits per heavy atom. The van der Waals surface area contributed by atoms with E-state index in [1.165, 1.54) is 0 Å². The summed E-state index contributed by atoms with van der Waals surface area (Å²) in [4.78, 5) is 9.55. The van der Waals surface area contributed by atoms with Gasteiger partial charge in [-0.1, -0.05) is 60.7 Å². The fourth-order valence-corrected chi connectivity index (χ4v) is 2.20. The van der Waals surface area contributed by atoms with Crippen LogP contribution in [0.2, 0.25) is 0 Å². The quantitative estimate of drug-likeness (QED) is 0.610. The number of benzene rings is 2. The van der Waals surface area contributed by atoms with Crippen LogP contribution >= 0.6 is 7.82 Å². The molecule has 1 N–H and O–H groups in total. The van der Waals surface area contributed by atoms with E-state index in [1.807, 2.05) is 60.7 Å². The van der Waals surface area contributed by atoms with Crippen molar-refractivity contribution < 1.29 is 40.9 Å². The molecule has 0 fully saturated rings. The van der Waals surface area contributed by atoms with Gasteiger partial charge in [0.1, 0.15) is 0 Å². The maximum absolute atomic E-state index is 11.7. The van der Waals surface area contributed by atoms with Gasteiger partial charge in [-0.15, -0.1) is 0 Å². The molecule has 110 valence electrons. The molecule has 0 saturated heterocycles. The van der Waals surface area contributed by atoms with Gasteiger partial charge in [0.25, 0.3) is 0 Å². The van der Waals surface area contributed by atoms with Gasteiger partial charge in [-0.25, -0.2) is 4.57 Å². The first-order valence-electron chi connectivity index (χ1n) is 5.85. The number of phosphoric ester groups is 1. The van der Waals surface area contributed by atoms with Crippen molar-refractivity contribution in [3.05, 3.63) is 71.8 Å². The minimum Gasteiger partial charge on any atom is -0.302 e. The Morgan fingerprint density at radius 2 is 1.15 bits per heavy atom. The summed E-state index contributed by atoms with van der Waals surface area (Å²) in [6.45, 7) is 0.0901. The van der Waals surface area contributed by atoms with Gasteiger partial charge < -0.3 is 4.89 Å². The van der Waals surface area contributed by atoms with Crippen molar-refractivity contribution in [1.82, 2.24) is 0 Å². The molecule has 20 heavy (non-hydrogen) atoms. The topological polar surface area (TPSA) is 55.8 Å². The molecule has 0 aliphatic rings. The van der Waals surface area contributed by atoms with Gasteiger partial charge in [-0.05, 0) is 11.1 Å². The maximum Gasteiger partial charge on any atom is 1.00 e. The van der Waals surface area contributed by atoms with Crippen LogP contribution in [0, 0.1) is 0 Å². The molecule has 2 rings (SSSR count). The Balaban J connectivity index is 0.00000200. The molecule has 0 heterocycles. The summed E-state index contributed by atoms with van der Waals surface area (Å²) in [5, 5.41) is 0. The second-order valence-corrected chi connectivity index (χ2v) is 5.44. The van der Waals surface area contributed by atoms with Crippen molar-refractivity contribution in [3.8, 4) is 0 Å². The molecule has 2 aromatic carbocycles. The van der Waals surface area contributed by atoms with Crippen LogP contribution < -0.4 is 0 Å². The number of hydrogen-bond acceptors (Lipinski definition) is 3. The summed E-state index contributed by atoms with van der Waals surface area (Å²) in [6.07, 6.45) is 0. The summed E-state index contributed by atoms with van der Waals surface area (Å²) in [5.41, 5.74) is 1.64. The molecule has 4 nitrogen and oxygen atoms in total. The molecular weight excluding hydrogens is 371 g/mol. The molecule has 0 atom stereocenters. The third-order valence-electron chi connectivity index (χ3n) is 2.47. The summed E-state index contributed by atoms with van der Waals surface area (Å²) in [5.74, 6) is 0. The van der Waals surface area contributed by atoms with Crippen LogP contribution in [-0.4, -0.2) is 4.89 Å².